The second kappa shape index (κ2) is 25.6. The summed E-state index contributed by atoms with van der Waals surface area (Å²) >= 11 is 0. The lowest BCUT2D eigenvalue weighted by Crippen LogP contribution is -2.10. The fraction of sp³-hybridized carbons (Fsp3) is 0.857. The summed E-state index contributed by atoms with van der Waals surface area (Å²) in [6.45, 7) is 10.0. The van der Waals surface area contributed by atoms with E-state index in [1.54, 1.807) is 0 Å². The van der Waals surface area contributed by atoms with Gasteiger partial charge in [-0.25, -0.2) is 0 Å². The maximum Gasteiger partial charge on any atom is 0.306 e. The molecule has 0 aliphatic heterocycles. The third-order valence-corrected chi connectivity index (χ3v) is 4.01. The molecule has 0 unspecified atom stereocenters. The van der Waals surface area contributed by atoms with Crippen molar-refractivity contribution in [3.05, 3.63) is 0 Å². The zero-order valence-corrected chi connectivity index (χ0v) is 21.1. The molecule has 1 N–H and O–H groups in total. The lowest BCUT2D eigenvalue weighted by molar-refractivity contribution is -0.147. The number of carboxylic acids is 1. The summed E-state index contributed by atoms with van der Waals surface area (Å²) in [7, 11) is 0.542. The van der Waals surface area contributed by atoms with Gasteiger partial charge in [-0.1, -0.05) is 59.3 Å². The lowest BCUT2D eigenvalue weighted by Gasteiger charge is -2.06. The minimum atomic E-state index is -0.682. The molecule has 168 valence electrons. The number of carbonyl (C=O) groups excluding carboxylic acids is 2. The topological polar surface area (TPSA) is 89.9 Å². The van der Waals surface area contributed by atoms with Gasteiger partial charge in [0.05, 0.1) is 6.10 Å². The van der Waals surface area contributed by atoms with Crippen molar-refractivity contribution in [2.75, 3.05) is 0 Å². The first-order valence-electron chi connectivity index (χ1n) is 10.7. The highest BCUT2D eigenvalue weighted by molar-refractivity contribution is 6.05. The molecule has 0 fully saturated rings. The third-order valence-electron chi connectivity index (χ3n) is 3.56. The van der Waals surface area contributed by atoms with Crippen molar-refractivity contribution in [2.45, 2.75) is 118 Å². The van der Waals surface area contributed by atoms with Gasteiger partial charge in [-0.3, -0.25) is 14.4 Å². The monoisotopic (exact) mass is 420 g/mol. The number of rotatable bonds is 13. The number of carbonyl (C=O) groups is 3. The van der Waals surface area contributed by atoms with Crippen LogP contribution in [0.2, 0.25) is 0 Å². The average molecular weight is 421 g/mol. The van der Waals surface area contributed by atoms with Gasteiger partial charge in [0.25, 0.3) is 5.97 Å². The van der Waals surface area contributed by atoms with Crippen LogP contribution in [0, 0.1) is 0 Å². The molecule has 0 aromatic rings. The highest BCUT2D eigenvalue weighted by Gasteiger charge is 2.03. The second-order valence-corrected chi connectivity index (χ2v) is 7.29. The highest BCUT2D eigenvalue weighted by atomic mass is 28.2. The Kier molecular flexibility index (Phi) is 28.7. The van der Waals surface area contributed by atoms with Crippen LogP contribution < -0.4 is 0 Å². The first-order chi connectivity index (χ1) is 13.2. The standard InChI is InChI=1S/C9H18O2.C6H14O2Si.C6H12O2/c1-4-5-6-7-9(10)11-8(2)3;1-2-3-4-5-6(7)8-9;1-2-3-4-5-6(7)8/h8H,4-7H2,1-3H3;2-5H2,1,9H3;2-5H2,1H3,(H,7,8). The van der Waals surface area contributed by atoms with E-state index in [2.05, 4.69) is 25.2 Å². The number of hydrogen-bond acceptors (Lipinski definition) is 5. The quantitative estimate of drug-likeness (QED) is 0.267. The molecule has 28 heavy (non-hydrogen) atoms. The van der Waals surface area contributed by atoms with Gasteiger partial charge >= 0.3 is 11.9 Å². The summed E-state index contributed by atoms with van der Waals surface area (Å²) in [5, 5.41) is 8.14. The van der Waals surface area contributed by atoms with Gasteiger partial charge in [0.2, 0.25) is 10.5 Å². The maximum absolute atomic E-state index is 10.9. The van der Waals surface area contributed by atoms with Gasteiger partial charge in [0, 0.05) is 19.3 Å². The van der Waals surface area contributed by atoms with E-state index in [0.717, 1.165) is 57.8 Å². The predicted octanol–water partition coefficient (Wildman–Crippen LogP) is 4.56. The molecule has 0 aliphatic rings. The Balaban J connectivity index is -0.000000340. The zero-order chi connectivity index (χ0) is 22.2. The summed E-state index contributed by atoms with van der Waals surface area (Å²) in [6, 6.07) is 0. The van der Waals surface area contributed by atoms with E-state index in [0.29, 0.717) is 29.7 Å². The van der Waals surface area contributed by atoms with Gasteiger partial charge in [0.15, 0.2) is 0 Å². The Morgan fingerprint density at radius 1 is 0.750 bits per heavy atom. The van der Waals surface area contributed by atoms with E-state index < -0.39 is 5.97 Å². The largest absolute Gasteiger partial charge is 0.529 e. The molecule has 0 amide bonds. The van der Waals surface area contributed by atoms with Crippen molar-refractivity contribution in [2.24, 2.45) is 0 Å². The fourth-order valence-corrected chi connectivity index (χ4v) is 2.19. The molecule has 0 atom stereocenters. The number of esters is 1. The van der Waals surface area contributed by atoms with Crippen LogP contribution in [0.25, 0.3) is 0 Å². The van der Waals surface area contributed by atoms with Gasteiger partial charge in [-0.05, 0) is 33.1 Å². The SMILES string of the molecule is CCCCCC(=O)O.CCCCCC(=O)OC(C)C.CCCCCC(=O)O[SiH3]. The van der Waals surface area contributed by atoms with Crippen LogP contribution in [0.5, 0.6) is 0 Å². The number of aliphatic carboxylic acids is 1. The molecular weight excluding hydrogens is 376 g/mol. The molecule has 0 aliphatic carbocycles. The van der Waals surface area contributed by atoms with Crippen molar-refractivity contribution < 1.29 is 28.7 Å². The Morgan fingerprint density at radius 2 is 1.14 bits per heavy atom. The predicted molar refractivity (Wildman–Crippen MR) is 117 cm³/mol. The molecule has 0 saturated heterocycles. The van der Waals surface area contributed by atoms with Crippen LogP contribution >= 0.6 is 0 Å². The molecule has 6 nitrogen and oxygen atoms in total. The maximum atomic E-state index is 10.9. The molecule has 7 heteroatoms. The number of unbranched alkanes of at least 4 members (excludes halogenated alkanes) is 6. The molecule has 0 aromatic heterocycles. The van der Waals surface area contributed by atoms with Crippen molar-refractivity contribution in [3.8, 4) is 0 Å². The highest BCUT2D eigenvalue weighted by Crippen LogP contribution is 2.02. The molecule has 0 bridgehead atoms. The summed E-state index contributed by atoms with van der Waals surface area (Å²) in [6.07, 6.45) is 11.0. The van der Waals surface area contributed by atoms with Crippen LogP contribution in [-0.2, 0) is 23.5 Å². The summed E-state index contributed by atoms with van der Waals surface area (Å²) in [5.41, 5.74) is 0. The Morgan fingerprint density at radius 3 is 1.46 bits per heavy atom. The van der Waals surface area contributed by atoms with E-state index in [9.17, 15) is 14.4 Å². The first kappa shape index (κ1) is 31.3. The molecule has 0 spiro atoms. The van der Waals surface area contributed by atoms with Crippen LogP contribution in [0.1, 0.15) is 112 Å². The minimum Gasteiger partial charge on any atom is -0.529 e. The normalized spacial score (nSPS) is 9.64. The molecule has 0 radical (unpaired) electrons. The first-order valence-corrected chi connectivity index (χ1v) is 11.5. The second-order valence-electron chi connectivity index (χ2n) is 6.88. The third kappa shape index (κ3) is 35.7. The van der Waals surface area contributed by atoms with E-state index in [4.69, 9.17) is 9.84 Å². The fourth-order valence-electron chi connectivity index (χ4n) is 1.99. The van der Waals surface area contributed by atoms with Crippen molar-refractivity contribution in [1.82, 2.24) is 0 Å². The van der Waals surface area contributed by atoms with Crippen LogP contribution in [0.4, 0.5) is 0 Å². The average Bonchev–Trinajstić information content (AvgIpc) is 2.62. The number of carboxylic acid groups (broad SMARTS) is 1. The molecule has 0 saturated carbocycles. The van der Waals surface area contributed by atoms with E-state index >= 15 is 0 Å². The van der Waals surface area contributed by atoms with Crippen LogP contribution in [-0.4, -0.2) is 39.6 Å². The summed E-state index contributed by atoms with van der Waals surface area (Å²) in [4.78, 5) is 31.3. The summed E-state index contributed by atoms with van der Waals surface area (Å²) < 4.78 is 9.55. The van der Waals surface area contributed by atoms with Crippen molar-refractivity contribution >= 4 is 28.4 Å². The van der Waals surface area contributed by atoms with E-state index in [1.807, 2.05) is 13.8 Å². The number of ether oxygens (including phenoxy) is 1. The Hall–Kier alpha value is -1.37. The van der Waals surface area contributed by atoms with Crippen LogP contribution in [0.3, 0.4) is 0 Å². The number of hydrogen-bond donors (Lipinski definition) is 1. The lowest BCUT2D eigenvalue weighted by atomic mass is 10.2. The zero-order valence-electron chi connectivity index (χ0n) is 19.1. The summed E-state index contributed by atoms with van der Waals surface area (Å²) in [5.74, 6) is -0.776. The minimum absolute atomic E-state index is 0.0316. The van der Waals surface area contributed by atoms with Crippen molar-refractivity contribution in [1.29, 1.82) is 0 Å². The van der Waals surface area contributed by atoms with Crippen molar-refractivity contribution in [3.63, 3.8) is 0 Å². The molecule has 0 rings (SSSR count). The molecular formula is C21H44O6Si. The van der Waals surface area contributed by atoms with Gasteiger partial charge in [0.1, 0.15) is 0 Å². The van der Waals surface area contributed by atoms with Crippen LogP contribution in [0.15, 0.2) is 0 Å². The Bertz CT molecular complexity index is 372. The van der Waals surface area contributed by atoms with E-state index in [1.165, 1.54) is 0 Å². The Labute approximate surface area is 175 Å². The molecule has 0 aromatic carbocycles. The van der Waals surface area contributed by atoms with E-state index in [-0.39, 0.29) is 18.0 Å². The smallest absolute Gasteiger partial charge is 0.306 e. The molecule has 0 heterocycles. The van der Waals surface area contributed by atoms with Gasteiger partial charge in [-0.2, -0.15) is 0 Å². The van der Waals surface area contributed by atoms with Gasteiger partial charge < -0.3 is 14.3 Å². The van der Waals surface area contributed by atoms with Gasteiger partial charge in [-0.15, -0.1) is 0 Å².